The molecule has 0 bridgehead atoms. The first-order valence-corrected chi connectivity index (χ1v) is 9.08. The van der Waals surface area contributed by atoms with Crippen LogP contribution in [0.5, 0.6) is 5.75 Å². The number of carbonyl (C=O) groups is 1. The maximum atomic E-state index is 11.9. The molecule has 5 heteroatoms. The van der Waals surface area contributed by atoms with Crippen LogP contribution >= 0.6 is 0 Å². The highest BCUT2D eigenvalue weighted by molar-refractivity contribution is 5.80. The molecule has 140 valence electrons. The first-order chi connectivity index (χ1) is 13.2. The van der Waals surface area contributed by atoms with E-state index in [1.165, 1.54) is 0 Å². The third-order valence-electron chi connectivity index (χ3n) is 4.30. The van der Waals surface area contributed by atoms with Crippen molar-refractivity contribution in [3.05, 3.63) is 71.9 Å². The number of benzene rings is 2. The first-order valence-electron chi connectivity index (χ1n) is 9.08. The zero-order valence-electron chi connectivity index (χ0n) is 15.6. The SMILES string of the molecule is CCOC(Cc1ccc(OCc2cnc3ccccc3c2)cc1)C(=O)NC. The van der Waals surface area contributed by atoms with E-state index in [0.717, 1.165) is 27.8 Å². The summed E-state index contributed by atoms with van der Waals surface area (Å²) in [5.41, 5.74) is 3.02. The number of rotatable bonds is 8. The maximum absolute atomic E-state index is 11.9. The van der Waals surface area contributed by atoms with E-state index in [-0.39, 0.29) is 5.91 Å². The van der Waals surface area contributed by atoms with E-state index in [1.54, 1.807) is 7.05 Å². The summed E-state index contributed by atoms with van der Waals surface area (Å²) in [7, 11) is 1.62. The molecule has 1 amide bonds. The van der Waals surface area contributed by atoms with Gasteiger partial charge in [0.25, 0.3) is 0 Å². The van der Waals surface area contributed by atoms with Crippen molar-refractivity contribution < 1.29 is 14.3 Å². The second-order valence-corrected chi connectivity index (χ2v) is 6.23. The molecule has 1 aromatic heterocycles. The molecular formula is C22H24N2O3. The van der Waals surface area contributed by atoms with Crippen molar-refractivity contribution in [3.8, 4) is 5.75 Å². The summed E-state index contributed by atoms with van der Waals surface area (Å²) in [4.78, 5) is 16.3. The molecule has 0 saturated heterocycles. The van der Waals surface area contributed by atoms with E-state index in [2.05, 4.69) is 16.4 Å². The first kappa shape index (κ1) is 18.9. The topological polar surface area (TPSA) is 60.5 Å². The zero-order chi connectivity index (χ0) is 19.1. The number of likely N-dealkylation sites (N-methyl/N-ethyl adjacent to an activating group) is 1. The number of carbonyl (C=O) groups excluding carboxylic acids is 1. The molecule has 1 heterocycles. The minimum atomic E-state index is -0.476. The average molecular weight is 364 g/mol. The van der Waals surface area contributed by atoms with Crippen LogP contribution in [0.1, 0.15) is 18.1 Å². The van der Waals surface area contributed by atoms with Gasteiger partial charge < -0.3 is 14.8 Å². The van der Waals surface area contributed by atoms with E-state index in [1.807, 2.05) is 61.7 Å². The molecular weight excluding hydrogens is 340 g/mol. The van der Waals surface area contributed by atoms with Crippen molar-refractivity contribution >= 4 is 16.8 Å². The molecule has 27 heavy (non-hydrogen) atoms. The number of amides is 1. The molecule has 0 aliphatic rings. The second-order valence-electron chi connectivity index (χ2n) is 6.23. The number of nitrogens with zero attached hydrogens (tertiary/aromatic N) is 1. The molecule has 2 aromatic carbocycles. The number of aromatic nitrogens is 1. The standard InChI is InChI=1S/C22H24N2O3/c1-3-26-21(22(25)23-2)13-16-8-10-19(11-9-16)27-15-17-12-18-6-4-5-7-20(18)24-14-17/h4-12,14,21H,3,13,15H2,1-2H3,(H,23,25). The molecule has 0 fully saturated rings. The van der Waals surface area contributed by atoms with Gasteiger partial charge in [-0.2, -0.15) is 0 Å². The average Bonchev–Trinajstić information content (AvgIpc) is 2.72. The number of hydrogen-bond acceptors (Lipinski definition) is 4. The minimum Gasteiger partial charge on any atom is -0.489 e. The highest BCUT2D eigenvalue weighted by Gasteiger charge is 2.17. The maximum Gasteiger partial charge on any atom is 0.249 e. The minimum absolute atomic E-state index is 0.110. The van der Waals surface area contributed by atoms with Gasteiger partial charge in [0.15, 0.2) is 0 Å². The Bertz CT molecular complexity index is 893. The Morgan fingerprint density at radius 3 is 2.63 bits per heavy atom. The highest BCUT2D eigenvalue weighted by atomic mass is 16.5. The van der Waals surface area contributed by atoms with Crippen LogP contribution < -0.4 is 10.1 Å². The fraction of sp³-hybridized carbons (Fsp3) is 0.273. The summed E-state index contributed by atoms with van der Waals surface area (Å²) in [6.45, 7) is 2.84. The Hall–Kier alpha value is -2.92. The fourth-order valence-corrected chi connectivity index (χ4v) is 2.89. The van der Waals surface area contributed by atoms with Crippen LogP contribution in [0, 0.1) is 0 Å². The van der Waals surface area contributed by atoms with Gasteiger partial charge in [-0.1, -0.05) is 30.3 Å². The van der Waals surface area contributed by atoms with Crippen LogP contribution in [-0.2, 0) is 22.6 Å². The van der Waals surface area contributed by atoms with E-state index in [4.69, 9.17) is 9.47 Å². The zero-order valence-corrected chi connectivity index (χ0v) is 15.6. The largest absolute Gasteiger partial charge is 0.489 e. The normalized spacial score (nSPS) is 11.9. The smallest absolute Gasteiger partial charge is 0.249 e. The monoisotopic (exact) mass is 364 g/mol. The Morgan fingerprint density at radius 2 is 1.89 bits per heavy atom. The Labute approximate surface area is 159 Å². The molecule has 3 rings (SSSR count). The van der Waals surface area contributed by atoms with Crippen LogP contribution in [0.25, 0.3) is 10.9 Å². The van der Waals surface area contributed by atoms with Crippen molar-refractivity contribution in [2.24, 2.45) is 0 Å². The van der Waals surface area contributed by atoms with Gasteiger partial charge in [-0.15, -0.1) is 0 Å². The van der Waals surface area contributed by atoms with Gasteiger partial charge in [-0.25, -0.2) is 0 Å². The van der Waals surface area contributed by atoms with Crippen LogP contribution in [-0.4, -0.2) is 30.6 Å². The number of pyridine rings is 1. The van der Waals surface area contributed by atoms with Crippen LogP contribution in [0.4, 0.5) is 0 Å². The molecule has 5 nitrogen and oxygen atoms in total. The van der Waals surface area contributed by atoms with Gasteiger partial charge in [-0.05, 0) is 36.8 Å². The van der Waals surface area contributed by atoms with Gasteiger partial charge >= 0.3 is 0 Å². The number of para-hydroxylation sites is 1. The van der Waals surface area contributed by atoms with Crippen molar-refractivity contribution in [2.75, 3.05) is 13.7 Å². The molecule has 0 spiro atoms. The van der Waals surface area contributed by atoms with Crippen molar-refractivity contribution in [1.82, 2.24) is 10.3 Å². The van der Waals surface area contributed by atoms with Crippen molar-refractivity contribution in [2.45, 2.75) is 26.1 Å². The lowest BCUT2D eigenvalue weighted by Gasteiger charge is -2.15. The fourth-order valence-electron chi connectivity index (χ4n) is 2.89. The summed E-state index contributed by atoms with van der Waals surface area (Å²) in [5, 5.41) is 3.74. The molecule has 0 aliphatic heterocycles. The summed E-state index contributed by atoms with van der Waals surface area (Å²) < 4.78 is 11.4. The molecule has 1 atom stereocenters. The van der Waals surface area contributed by atoms with E-state index < -0.39 is 6.10 Å². The summed E-state index contributed by atoms with van der Waals surface area (Å²) in [5.74, 6) is 0.667. The molecule has 0 aliphatic carbocycles. The second kappa shape index (κ2) is 9.14. The third-order valence-corrected chi connectivity index (χ3v) is 4.30. The number of hydrogen-bond donors (Lipinski definition) is 1. The summed E-state index contributed by atoms with van der Waals surface area (Å²) in [6, 6.07) is 17.9. The van der Waals surface area contributed by atoms with E-state index in [9.17, 15) is 4.79 Å². The van der Waals surface area contributed by atoms with Crippen molar-refractivity contribution in [1.29, 1.82) is 0 Å². The predicted molar refractivity (Wildman–Crippen MR) is 106 cm³/mol. The number of fused-ring (bicyclic) bond motifs is 1. The molecule has 1 unspecified atom stereocenters. The van der Waals surface area contributed by atoms with Gasteiger partial charge in [-0.3, -0.25) is 9.78 Å². The lowest BCUT2D eigenvalue weighted by molar-refractivity contribution is -0.131. The summed E-state index contributed by atoms with van der Waals surface area (Å²) >= 11 is 0. The molecule has 1 N–H and O–H groups in total. The predicted octanol–water partition coefficient (Wildman–Crippen LogP) is 3.51. The summed E-state index contributed by atoms with van der Waals surface area (Å²) in [6.07, 6.45) is 1.89. The molecule has 0 saturated carbocycles. The van der Waals surface area contributed by atoms with Gasteiger partial charge in [0.2, 0.25) is 5.91 Å². The van der Waals surface area contributed by atoms with Gasteiger partial charge in [0.05, 0.1) is 5.52 Å². The van der Waals surface area contributed by atoms with E-state index >= 15 is 0 Å². The number of ether oxygens (including phenoxy) is 2. The lowest BCUT2D eigenvalue weighted by Crippen LogP contribution is -2.35. The molecule has 3 aromatic rings. The van der Waals surface area contributed by atoms with Gasteiger partial charge in [0.1, 0.15) is 18.5 Å². The Balaban J connectivity index is 1.60. The third kappa shape index (κ3) is 5.05. The molecule has 0 radical (unpaired) electrons. The van der Waals surface area contributed by atoms with Crippen LogP contribution in [0.3, 0.4) is 0 Å². The number of nitrogens with one attached hydrogen (secondary N) is 1. The van der Waals surface area contributed by atoms with Crippen molar-refractivity contribution in [3.63, 3.8) is 0 Å². The Morgan fingerprint density at radius 1 is 1.11 bits per heavy atom. The van der Waals surface area contributed by atoms with Gasteiger partial charge in [0, 0.05) is 37.2 Å². The lowest BCUT2D eigenvalue weighted by atomic mass is 10.1. The Kier molecular flexibility index (Phi) is 6.39. The quantitative estimate of drug-likeness (QED) is 0.664. The van der Waals surface area contributed by atoms with Crippen LogP contribution in [0.15, 0.2) is 60.8 Å². The van der Waals surface area contributed by atoms with Crippen LogP contribution in [0.2, 0.25) is 0 Å². The highest BCUT2D eigenvalue weighted by Crippen LogP contribution is 2.18. The van der Waals surface area contributed by atoms with E-state index in [0.29, 0.717) is 19.6 Å².